The third kappa shape index (κ3) is 1.57. The fraction of sp³-hybridized carbons (Fsp3) is 0.700. The van der Waals surface area contributed by atoms with Gasteiger partial charge in [0.05, 0.1) is 0 Å². The molecule has 2 saturated carbocycles. The molecule has 2 fully saturated rings. The highest BCUT2D eigenvalue weighted by Crippen LogP contribution is 2.52. The van der Waals surface area contributed by atoms with Crippen molar-refractivity contribution in [1.82, 2.24) is 15.0 Å². The maximum Gasteiger partial charge on any atom is 0.227 e. The molecular formula is C10H13ClN4. The molecule has 2 aliphatic carbocycles. The van der Waals surface area contributed by atoms with Crippen LogP contribution in [0, 0.1) is 11.8 Å². The van der Waals surface area contributed by atoms with Gasteiger partial charge in [-0.1, -0.05) is 6.42 Å². The second-order valence-electron chi connectivity index (χ2n) is 4.60. The first-order chi connectivity index (χ1) is 7.22. The highest BCUT2D eigenvalue weighted by Gasteiger charge is 2.41. The third-order valence-electron chi connectivity index (χ3n) is 3.71. The molecule has 1 aromatic heterocycles. The van der Waals surface area contributed by atoms with Crippen molar-refractivity contribution in [3.8, 4) is 0 Å². The summed E-state index contributed by atoms with van der Waals surface area (Å²) in [6.45, 7) is 0. The molecule has 0 spiro atoms. The summed E-state index contributed by atoms with van der Waals surface area (Å²) in [4.78, 5) is 12.2. The van der Waals surface area contributed by atoms with Crippen LogP contribution < -0.4 is 5.73 Å². The number of hydrogen-bond donors (Lipinski definition) is 1. The molecule has 3 unspecified atom stereocenters. The van der Waals surface area contributed by atoms with Crippen LogP contribution in [-0.4, -0.2) is 15.0 Å². The molecule has 2 N–H and O–H groups in total. The Bertz CT molecular complexity index is 375. The zero-order valence-electron chi connectivity index (χ0n) is 8.36. The highest BCUT2D eigenvalue weighted by atomic mass is 35.5. The number of nitrogens with zero attached hydrogens (tertiary/aromatic N) is 3. The molecule has 4 nitrogen and oxygen atoms in total. The smallest absolute Gasteiger partial charge is 0.227 e. The Morgan fingerprint density at radius 2 is 2.00 bits per heavy atom. The summed E-state index contributed by atoms with van der Waals surface area (Å²) < 4.78 is 0. The van der Waals surface area contributed by atoms with Gasteiger partial charge in [-0.15, -0.1) is 0 Å². The number of nitrogens with two attached hydrogens (primary N) is 1. The van der Waals surface area contributed by atoms with Crippen molar-refractivity contribution < 1.29 is 0 Å². The van der Waals surface area contributed by atoms with Gasteiger partial charge in [-0.05, 0) is 42.7 Å². The van der Waals surface area contributed by atoms with E-state index in [4.69, 9.17) is 17.3 Å². The molecule has 2 bridgehead atoms. The number of hydrogen-bond acceptors (Lipinski definition) is 4. The molecule has 3 atom stereocenters. The molecule has 2 aliphatic rings. The van der Waals surface area contributed by atoms with Gasteiger partial charge >= 0.3 is 0 Å². The zero-order valence-corrected chi connectivity index (χ0v) is 9.11. The van der Waals surface area contributed by atoms with Gasteiger partial charge in [0.15, 0.2) is 0 Å². The van der Waals surface area contributed by atoms with Gasteiger partial charge in [-0.25, -0.2) is 4.98 Å². The predicted molar refractivity (Wildman–Crippen MR) is 57.4 cm³/mol. The van der Waals surface area contributed by atoms with Crippen LogP contribution in [0.5, 0.6) is 0 Å². The summed E-state index contributed by atoms with van der Waals surface area (Å²) in [6.07, 6.45) is 5.20. The summed E-state index contributed by atoms with van der Waals surface area (Å²) in [5.41, 5.74) is 5.58. The van der Waals surface area contributed by atoms with E-state index in [1.807, 2.05) is 0 Å². The Kier molecular flexibility index (Phi) is 2.06. The van der Waals surface area contributed by atoms with E-state index in [1.54, 1.807) is 0 Å². The van der Waals surface area contributed by atoms with Crippen molar-refractivity contribution in [3.05, 3.63) is 11.1 Å². The SMILES string of the molecule is Nc1nc(Cl)nc(C2CC3CCC2C3)n1. The summed E-state index contributed by atoms with van der Waals surface area (Å²) in [5.74, 6) is 3.13. The maximum atomic E-state index is 5.79. The van der Waals surface area contributed by atoms with Gasteiger partial charge in [0.25, 0.3) is 0 Å². The zero-order chi connectivity index (χ0) is 10.4. The molecular weight excluding hydrogens is 212 g/mol. The van der Waals surface area contributed by atoms with Gasteiger partial charge in [-0.2, -0.15) is 9.97 Å². The molecule has 0 amide bonds. The summed E-state index contributed by atoms with van der Waals surface area (Å²) in [5, 5.41) is 0.222. The van der Waals surface area contributed by atoms with Crippen LogP contribution in [0.15, 0.2) is 0 Å². The normalized spacial score (nSPS) is 33.5. The van der Waals surface area contributed by atoms with Crippen molar-refractivity contribution in [3.63, 3.8) is 0 Å². The third-order valence-corrected chi connectivity index (χ3v) is 3.88. The molecule has 15 heavy (non-hydrogen) atoms. The average Bonchev–Trinajstić information content (AvgIpc) is 2.76. The number of nitrogen functional groups attached to an aromatic ring is 1. The Hall–Kier alpha value is -0.900. The van der Waals surface area contributed by atoms with Crippen LogP contribution >= 0.6 is 11.6 Å². The van der Waals surface area contributed by atoms with Gasteiger partial charge in [-0.3, -0.25) is 0 Å². The Labute approximate surface area is 93.3 Å². The molecule has 0 radical (unpaired) electrons. The van der Waals surface area contributed by atoms with Crippen LogP contribution in [0.1, 0.15) is 37.4 Å². The molecule has 1 heterocycles. The Balaban J connectivity index is 1.93. The molecule has 0 aliphatic heterocycles. The molecule has 1 aromatic rings. The lowest BCUT2D eigenvalue weighted by Gasteiger charge is -2.19. The minimum atomic E-state index is 0.222. The van der Waals surface area contributed by atoms with Gasteiger partial charge in [0, 0.05) is 5.92 Å². The summed E-state index contributed by atoms with van der Waals surface area (Å²) in [7, 11) is 0. The minimum absolute atomic E-state index is 0.222. The van der Waals surface area contributed by atoms with Crippen molar-refractivity contribution in [2.75, 3.05) is 5.73 Å². The standard InChI is InChI=1S/C10H13ClN4/c11-9-13-8(14-10(12)15-9)7-4-5-1-2-6(7)3-5/h5-7H,1-4H2,(H2,12,13,14,15). The lowest BCUT2D eigenvalue weighted by molar-refractivity contribution is 0.405. The summed E-state index contributed by atoms with van der Waals surface area (Å²) in [6, 6.07) is 0. The van der Waals surface area contributed by atoms with Gasteiger partial charge in [0.1, 0.15) is 5.82 Å². The summed E-state index contributed by atoms with van der Waals surface area (Å²) >= 11 is 5.79. The number of fused-ring (bicyclic) bond motifs is 2. The largest absolute Gasteiger partial charge is 0.368 e. The fourth-order valence-electron chi connectivity index (χ4n) is 3.11. The second-order valence-corrected chi connectivity index (χ2v) is 4.94. The molecule has 5 heteroatoms. The monoisotopic (exact) mass is 224 g/mol. The first-order valence-electron chi connectivity index (χ1n) is 5.39. The van der Waals surface area contributed by atoms with E-state index in [-0.39, 0.29) is 11.2 Å². The number of aromatic nitrogens is 3. The maximum absolute atomic E-state index is 5.79. The lowest BCUT2D eigenvalue weighted by atomic mass is 9.88. The van der Waals surface area contributed by atoms with E-state index in [9.17, 15) is 0 Å². The van der Waals surface area contributed by atoms with Crippen LogP contribution in [-0.2, 0) is 0 Å². The number of rotatable bonds is 1. The number of halogens is 1. The van der Waals surface area contributed by atoms with Gasteiger partial charge in [0.2, 0.25) is 11.2 Å². The highest BCUT2D eigenvalue weighted by molar-refractivity contribution is 6.28. The number of anilines is 1. The Morgan fingerprint density at radius 3 is 2.60 bits per heavy atom. The van der Waals surface area contributed by atoms with Crippen molar-refractivity contribution in [1.29, 1.82) is 0 Å². The van der Waals surface area contributed by atoms with Crippen molar-refractivity contribution in [2.24, 2.45) is 11.8 Å². The van der Waals surface area contributed by atoms with Crippen molar-refractivity contribution >= 4 is 17.5 Å². The van der Waals surface area contributed by atoms with Crippen LogP contribution in [0.3, 0.4) is 0 Å². The van der Waals surface area contributed by atoms with Crippen LogP contribution in [0.25, 0.3) is 0 Å². The lowest BCUT2D eigenvalue weighted by Crippen LogP contribution is -2.14. The first-order valence-corrected chi connectivity index (χ1v) is 5.77. The minimum Gasteiger partial charge on any atom is -0.368 e. The van der Waals surface area contributed by atoms with E-state index >= 15 is 0 Å². The first kappa shape index (κ1) is 9.33. The van der Waals surface area contributed by atoms with E-state index in [1.165, 1.54) is 25.7 Å². The topological polar surface area (TPSA) is 64.7 Å². The van der Waals surface area contributed by atoms with E-state index in [2.05, 4.69) is 15.0 Å². The average molecular weight is 225 g/mol. The Morgan fingerprint density at radius 1 is 1.13 bits per heavy atom. The fourth-order valence-corrected chi connectivity index (χ4v) is 3.28. The van der Waals surface area contributed by atoms with Crippen molar-refractivity contribution in [2.45, 2.75) is 31.6 Å². The van der Waals surface area contributed by atoms with E-state index in [0.29, 0.717) is 5.92 Å². The van der Waals surface area contributed by atoms with E-state index < -0.39 is 0 Å². The molecule has 0 aromatic carbocycles. The molecule has 0 saturated heterocycles. The van der Waals surface area contributed by atoms with E-state index in [0.717, 1.165) is 17.7 Å². The van der Waals surface area contributed by atoms with Gasteiger partial charge < -0.3 is 5.73 Å². The molecule has 80 valence electrons. The predicted octanol–water partition coefficient (Wildman–Crippen LogP) is 2.01. The molecule has 3 rings (SSSR count). The quantitative estimate of drug-likeness (QED) is 0.793. The van der Waals surface area contributed by atoms with Crippen LogP contribution in [0.2, 0.25) is 5.28 Å². The van der Waals surface area contributed by atoms with Crippen LogP contribution in [0.4, 0.5) is 5.95 Å². The second kappa shape index (κ2) is 3.30.